The van der Waals surface area contributed by atoms with E-state index in [-0.39, 0.29) is 0 Å². The number of nitrogens with zero attached hydrogens (tertiary/aromatic N) is 2. The molecule has 1 fully saturated rings. The van der Waals surface area contributed by atoms with E-state index in [9.17, 15) is 0 Å². The van der Waals surface area contributed by atoms with E-state index >= 15 is 0 Å². The van der Waals surface area contributed by atoms with Crippen LogP contribution in [0.25, 0.3) is 0 Å². The van der Waals surface area contributed by atoms with E-state index < -0.39 is 0 Å². The minimum atomic E-state index is 0.335. The van der Waals surface area contributed by atoms with Crippen LogP contribution in [0.1, 0.15) is 39.5 Å². The molecule has 16 heavy (non-hydrogen) atoms. The van der Waals surface area contributed by atoms with Gasteiger partial charge in [-0.25, -0.2) is 9.97 Å². The fourth-order valence-corrected chi connectivity index (χ4v) is 2.35. The number of anilines is 2. The van der Waals surface area contributed by atoms with Crippen LogP contribution in [0.2, 0.25) is 0 Å². The lowest BCUT2D eigenvalue weighted by atomic mass is 9.73. The SMILES string of the molecule is CC1(C)CCCCC1Nc1cnc(N)cn1. The lowest BCUT2D eigenvalue weighted by molar-refractivity contribution is 0.216. The van der Waals surface area contributed by atoms with E-state index in [1.54, 1.807) is 12.4 Å². The number of aromatic nitrogens is 2. The van der Waals surface area contributed by atoms with Crippen LogP contribution in [0.4, 0.5) is 11.6 Å². The molecule has 0 amide bonds. The third-order valence-electron chi connectivity index (χ3n) is 3.50. The Kier molecular flexibility index (Phi) is 2.99. The molecule has 0 saturated heterocycles. The Hall–Kier alpha value is -1.32. The zero-order valence-corrected chi connectivity index (χ0v) is 10.0. The smallest absolute Gasteiger partial charge is 0.144 e. The monoisotopic (exact) mass is 220 g/mol. The number of nitrogens with one attached hydrogen (secondary N) is 1. The first-order valence-electron chi connectivity index (χ1n) is 5.92. The van der Waals surface area contributed by atoms with Crippen molar-refractivity contribution in [1.29, 1.82) is 0 Å². The van der Waals surface area contributed by atoms with Crippen LogP contribution in [0.15, 0.2) is 12.4 Å². The summed E-state index contributed by atoms with van der Waals surface area (Å²) < 4.78 is 0. The van der Waals surface area contributed by atoms with Gasteiger partial charge in [0.25, 0.3) is 0 Å². The van der Waals surface area contributed by atoms with Crippen molar-refractivity contribution in [3.05, 3.63) is 12.4 Å². The standard InChI is InChI=1S/C12H20N4/c1-12(2)6-4-3-5-9(12)16-11-8-14-10(13)7-15-11/h7-9H,3-6H2,1-2H3,(H2,13,14)(H,15,16). The van der Waals surface area contributed by atoms with E-state index in [1.807, 2.05) is 0 Å². The molecule has 1 aliphatic rings. The molecule has 1 atom stereocenters. The topological polar surface area (TPSA) is 63.8 Å². The highest BCUT2D eigenvalue weighted by Crippen LogP contribution is 2.36. The van der Waals surface area contributed by atoms with Gasteiger partial charge in [-0.05, 0) is 18.3 Å². The van der Waals surface area contributed by atoms with Crippen LogP contribution in [-0.4, -0.2) is 16.0 Å². The van der Waals surface area contributed by atoms with Crippen LogP contribution in [0.3, 0.4) is 0 Å². The maximum absolute atomic E-state index is 5.51. The third kappa shape index (κ3) is 2.43. The summed E-state index contributed by atoms with van der Waals surface area (Å²) in [7, 11) is 0. The minimum Gasteiger partial charge on any atom is -0.382 e. The molecule has 0 aliphatic heterocycles. The van der Waals surface area contributed by atoms with Gasteiger partial charge in [0, 0.05) is 6.04 Å². The number of hydrogen-bond donors (Lipinski definition) is 2. The molecule has 1 unspecified atom stereocenters. The van der Waals surface area contributed by atoms with Crippen molar-refractivity contribution in [1.82, 2.24) is 9.97 Å². The molecular weight excluding hydrogens is 200 g/mol. The van der Waals surface area contributed by atoms with Crippen molar-refractivity contribution < 1.29 is 0 Å². The number of nitrogens with two attached hydrogens (primary N) is 1. The van der Waals surface area contributed by atoms with E-state index in [1.165, 1.54) is 25.7 Å². The van der Waals surface area contributed by atoms with Gasteiger partial charge in [-0.3, -0.25) is 0 Å². The molecule has 3 N–H and O–H groups in total. The summed E-state index contributed by atoms with van der Waals surface area (Å²) in [5, 5.41) is 3.47. The molecule has 1 saturated carbocycles. The predicted molar refractivity (Wildman–Crippen MR) is 66.1 cm³/mol. The molecule has 4 heteroatoms. The number of rotatable bonds is 2. The van der Waals surface area contributed by atoms with Crippen LogP contribution < -0.4 is 11.1 Å². The lowest BCUT2D eigenvalue weighted by Crippen LogP contribution is -2.39. The molecular formula is C12H20N4. The van der Waals surface area contributed by atoms with Gasteiger partial charge in [-0.2, -0.15) is 0 Å². The quantitative estimate of drug-likeness (QED) is 0.803. The molecule has 0 spiro atoms. The number of nitrogen functional groups attached to an aromatic ring is 1. The second-order valence-corrected chi connectivity index (χ2v) is 5.26. The zero-order valence-electron chi connectivity index (χ0n) is 10.0. The van der Waals surface area contributed by atoms with Crippen LogP contribution in [0.5, 0.6) is 0 Å². The van der Waals surface area contributed by atoms with E-state index in [4.69, 9.17) is 5.73 Å². The van der Waals surface area contributed by atoms with Crippen LogP contribution in [0, 0.1) is 5.41 Å². The Bertz CT molecular complexity index is 345. The molecule has 0 radical (unpaired) electrons. The molecule has 4 nitrogen and oxygen atoms in total. The molecule has 2 rings (SSSR count). The van der Waals surface area contributed by atoms with Gasteiger partial charge in [-0.1, -0.05) is 26.7 Å². The second kappa shape index (κ2) is 4.28. The maximum Gasteiger partial charge on any atom is 0.144 e. The van der Waals surface area contributed by atoms with Gasteiger partial charge >= 0.3 is 0 Å². The third-order valence-corrected chi connectivity index (χ3v) is 3.50. The normalized spacial score (nSPS) is 24.0. The summed E-state index contributed by atoms with van der Waals surface area (Å²) in [4.78, 5) is 8.28. The van der Waals surface area contributed by atoms with Gasteiger partial charge in [0.05, 0.1) is 12.4 Å². The molecule has 1 aromatic heterocycles. The first-order valence-corrected chi connectivity index (χ1v) is 5.92. The largest absolute Gasteiger partial charge is 0.382 e. The van der Waals surface area contributed by atoms with E-state index in [0.717, 1.165) is 5.82 Å². The molecule has 1 aliphatic carbocycles. The highest BCUT2D eigenvalue weighted by Gasteiger charge is 2.32. The van der Waals surface area contributed by atoms with Crippen LogP contribution in [-0.2, 0) is 0 Å². The van der Waals surface area contributed by atoms with E-state index in [2.05, 4.69) is 29.1 Å². The predicted octanol–water partition coefficient (Wildman–Crippen LogP) is 2.44. The van der Waals surface area contributed by atoms with Gasteiger partial charge < -0.3 is 11.1 Å². The number of hydrogen-bond acceptors (Lipinski definition) is 4. The summed E-state index contributed by atoms with van der Waals surface area (Å²) in [6.07, 6.45) is 8.41. The summed E-state index contributed by atoms with van der Waals surface area (Å²) in [6, 6.07) is 0.485. The maximum atomic E-state index is 5.51. The summed E-state index contributed by atoms with van der Waals surface area (Å²) in [6.45, 7) is 4.63. The molecule has 0 bridgehead atoms. The van der Waals surface area contributed by atoms with Crippen molar-refractivity contribution in [3.63, 3.8) is 0 Å². The summed E-state index contributed by atoms with van der Waals surface area (Å²) in [5.74, 6) is 1.29. The Morgan fingerprint density at radius 3 is 2.75 bits per heavy atom. The lowest BCUT2D eigenvalue weighted by Gasteiger charge is -2.39. The Morgan fingerprint density at radius 2 is 2.12 bits per heavy atom. The fraction of sp³-hybridized carbons (Fsp3) is 0.667. The minimum absolute atomic E-state index is 0.335. The average molecular weight is 220 g/mol. The van der Waals surface area contributed by atoms with Gasteiger partial charge in [0.2, 0.25) is 0 Å². The first kappa shape index (κ1) is 11.2. The van der Waals surface area contributed by atoms with Crippen molar-refractivity contribution >= 4 is 11.6 Å². The Balaban J connectivity index is 2.05. The van der Waals surface area contributed by atoms with E-state index in [0.29, 0.717) is 17.3 Å². The second-order valence-electron chi connectivity index (χ2n) is 5.26. The highest BCUT2D eigenvalue weighted by atomic mass is 15.1. The summed E-state index contributed by atoms with van der Waals surface area (Å²) in [5.41, 5.74) is 5.85. The van der Waals surface area contributed by atoms with Gasteiger partial charge in [-0.15, -0.1) is 0 Å². The van der Waals surface area contributed by atoms with Crippen molar-refractivity contribution in [3.8, 4) is 0 Å². The molecule has 1 heterocycles. The van der Waals surface area contributed by atoms with Crippen molar-refractivity contribution in [2.75, 3.05) is 11.1 Å². The Morgan fingerprint density at radius 1 is 1.31 bits per heavy atom. The van der Waals surface area contributed by atoms with Crippen molar-refractivity contribution in [2.24, 2.45) is 5.41 Å². The first-order chi connectivity index (χ1) is 7.58. The van der Waals surface area contributed by atoms with Gasteiger partial charge in [0.15, 0.2) is 0 Å². The Labute approximate surface area is 96.7 Å². The molecule has 1 aromatic rings. The average Bonchev–Trinajstić information content (AvgIpc) is 2.24. The van der Waals surface area contributed by atoms with Crippen molar-refractivity contribution in [2.45, 2.75) is 45.6 Å². The van der Waals surface area contributed by atoms with Crippen LogP contribution >= 0.6 is 0 Å². The molecule has 88 valence electrons. The fourth-order valence-electron chi connectivity index (χ4n) is 2.35. The zero-order chi connectivity index (χ0) is 11.6. The highest BCUT2D eigenvalue weighted by molar-refractivity contribution is 5.37. The molecule has 0 aromatic carbocycles. The van der Waals surface area contributed by atoms with Gasteiger partial charge in [0.1, 0.15) is 11.6 Å². The summed E-state index contributed by atoms with van der Waals surface area (Å²) >= 11 is 0.